The minimum atomic E-state index is -0.0212. The fraction of sp³-hybridized carbons (Fsp3) is 0.421. The molecule has 0 saturated carbocycles. The van der Waals surface area contributed by atoms with Crippen molar-refractivity contribution in [2.75, 3.05) is 18.9 Å². The van der Waals surface area contributed by atoms with Gasteiger partial charge in [0.25, 0.3) is 0 Å². The van der Waals surface area contributed by atoms with Gasteiger partial charge in [-0.25, -0.2) is 0 Å². The van der Waals surface area contributed by atoms with Gasteiger partial charge in [-0.1, -0.05) is 26.0 Å². The number of aryl methyl sites for hydroxylation is 1. The molecule has 1 atom stereocenters. The van der Waals surface area contributed by atoms with Crippen molar-refractivity contribution in [1.29, 1.82) is 0 Å². The minimum absolute atomic E-state index is 0.0212. The first-order valence-electron chi connectivity index (χ1n) is 8.11. The summed E-state index contributed by atoms with van der Waals surface area (Å²) in [6.45, 7) is 7.25. The fourth-order valence-corrected chi connectivity index (χ4v) is 2.47. The Morgan fingerprint density at radius 2 is 1.91 bits per heavy atom. The third-order valence-corrected chi connectivity index (χ3v) is 4.01. The Balaban J connectivity index is 1.84. The average Bonchev–Trinajstić information content (AvgIpc) is 2.91. The van der Waals surface area contributed by atoms with Gasteiger partial charge in [-0.3, -0.25) is 9.69 Å². The minimum Gasteiger partial charge on any atom is -0.465 e. The number of nitrogens with zero attached hydrogens (tertiary/aromatic N) is 1. The average molecular weight is 314 g/mol. The second-order valence-corrected chi connectivity index (χ2v) is 6.16. The first-order valence-corrected chi connectivity index (χ1v) is 8.11. The molecule has 1 aromatic carbocycles. The number of carbonyl (C=O) groups excluding carboxylic acids is 1. The molecule has 1 amide bonds. The number of amides is 1. The summed E-state index contributed by atoms with van der Waals surface area (Å²) in [5, 5.41) is 2.94. The second kappa shape index (κ2) is 7.97. The number of likely N-dealkylation sites (N-methyl/N-ethyl adjacent to an activating group) is 1. The third kappa shape index (κ3) is 5.25. The first-order chi connectivity index (χ1) is 11.0. The Bertz CT molecular complexity index is 631. The van der Waals surface area contributed by atoms with E-state index in [4.69, 9.17) is 4.42 Å². The normalized spacial score (nSPS) is 12.4. The lowest BCUT2D eigenvalue weighted by Crippen LogP contribution is -2.29. The molecule has 4 nitrogen and oxygen atoms in total. The van der Waals surface area contributed by atoms with Crippen LogP contribution in [0, 0.1) is 6.92 Å². The topological polar surface area (TPSA) is 45.5 Å². The van der Waals surface area contributed by atoms with Crippen molar-refractivity contribution in [3.63, 3.8) is 0 Å². The van der Waals surface area contributed by atoms with E-state index in [1.165, 1.54) is 5.56 Å². The molecule has 0 radical (unpaired) electrons. The number of nitrogens with one attached hydrogen (secondary N) is 1. The summed E-state index contributed by atoms with van der Waals surface area (Å²) in [5.41, 5.74) is 2.14. The molecule has 2 aromatic rings. The van der Waals surface area contributed by atoms with E-state index in [1.807, 2.05) is 43.1 Å². The maximum atomic E-state index is 12.1. The van der Waals surface area contributed by atoms with E-state index in [-0.39, 0.29) is 5.91 Å². The van der Waals surface area contributed by atoms with E-state index in [2.05, 4.69) is 31.3 Å². The van der Waals surface area contributed by atoms with Crippen LogP contribution >= 0.6 is 0 Å². The summed E-state index contributed by atoms with van der Waals surface area (Å²) in [4.78, 5) is 14.0. The van der Waals surface area contributed by atoms with Crippen LogP contribution in [0.3, 0.4) is 0 Å². The van der Waals surface area contributed by atoms with Crippen LogP contribution in [0.15, 0.2) is 40.8 Å². The number of anilines is 1. The van der Waals surface area contributed by atoms with Crippen molar-refractivity contribution in [2.45, 2.75) is 39.7 Å². The lowest BCUT2D eigenvalue weighted by Gasteiger charge is -2.15. The predicted molar refractivity (Wildman–Crippen MR) is 93.6 cm³/mol. The zero-order valence-corrected chi connectivity index (χ0v) is 14.4. The summed E-state index contributed by atoms with van der Waals surface area (Å²) < 4.78 is 5.53. The number of carbonyl (C=O) groups is 1. The molecule has 0 spiro atoms. The molecule has 2 rings (SSSR count). The summed E-state index contributed by atoms with van der Waals surface area (Å²) in [6, 6.07) is 12.0. The van der Waals surface area contributed by atoms with Crippen LogP contribution in [-0.2, 0) is 11.3 Å². The molecule has 1 heterocycles. The Morgan fingerprint density at radius 1 is 1.22 bits per heavy atom. The van der Waals surface area contributed by atoms with Gasteiger partial charge in [0.05, 0.1) is 13.1 Å². The first kappa shape index (κ1) is 17.3. The van der Waals surface area contributed by atoms with Crippen LogP contribution in [0.5, 0.6) is 0 Å². The molecule has 0 aliphatic rings. The van der Waals surface area contributed by atoms with E-state index in [0.717, 1.165) is 23.6 Å². The van der Waals surface area contributed by atoms with Gasteiger partial charge in [-0.15, -0.1) is 0 Å². The van der Waals surface area contributed by atoms with E-state index in [0.29, 0.717) is 19.0 Å². The van der Waals surface area contributed by atoms with Crippen molar-refractivity contribution >= 4 is 11.6 Å². The maximum Gasteiger partial charge on any atom is 0.238 e. The SMILES string of the molecule is CC[C@H](C)c1ccc(NC(=O)CN(C)Cc2ccc(C)o2)cc1. The molecule has 0 aliphatic heterocycles. The smallest absolute Gasteiger partial charge is 0.238 e. The van der Waals surface area contributed by atoms with Crippen LogP contribution in [-0.4, -0.2) is 24.4 Å². The van der Waals surface area contributed by atoms with Crippen molar-refractivity contribution in [1.82, 2.24) is 4.90 Å². The zero-order valence-electron chi connectivity index (χ0n) is 14.4. The van der Waals surface area contributed by atoms with E-state index in [1.54, 1.807) is 0 Å². The van der Waals surface area contributed by atoms with E-state index < -0.39 is 0 Å². The lowest BCUT2D eigenvalue weighted by atomic mass is 9.99. The Morgan fingerprint density at radius 3 is 2.48 bits per heavy atom. The highest BCUT2D eigenvalue weighted by atomic mass is 16.3. The van der Waals surface area contributed by atoms with Gasteiger partial charge in [0.15, 0.2) is 0 Å². The fourth-order valence-electron chi connectivity index (χ4n) is 2.47. The highest BCUT2D eigenvalue weighted by Gasteiger charge is 2.10. The van der Waals surface area contributed by atoms with Crippen molar-refractivity contribution in [3.8, 4) is 0 Å². The highest BCUT2D eigenvalue weighted by Crippen LogP contribution is 2.20. The Hall–Kier alpha value is -2.07. The molecular weight excluding hydrogens is 288 g/mol. The van der Waals surface area contributed by atoms with Crippen LogP contribution in [0.4, 0.5) is 5.69 Å². The molecule has 1 N–H and O–H groups in total. The van der Waals surface area contributed by atoms with E-state index >= 15 is 0 Å². The molecule has 23 heavy (non-hydrogen) atoms. The van der Waals surface area contributed by atoms with Crippen LogP contribution in [0.2, 0.25) is 0 Å². The number of furan rings is 1. The van der Waals surface area contributed by atoms with Gasteiger partial charge in [-0.2, -0.15) is 0 Å². The molecule has 124 valence electrons. The predicted octanol–water partition coefficient (Wildman–Crippen LogP) is 4.17. The molecule has 0 fully saturated rings. The number of hydrogen-bond donors (Lipinski definition) is 1. The molecule has 1 aromatic heterocycles. The zero-order chi connectivity index (χ0) is 16.8. The van der Waals surface area contributed by atoms with Gasteiger partial charge in [0, 0.05) is 5.69 Å². The molecule has 4 heteroatoms. The number of rotatable bonds is 7. The number of hydrogen-bond acceptors (Lipinski definition) is 3. The largest absolute Gasteiger partial charge is 0.465 e. The van der Waals surface area contributed by atoms with Crippen molar-refractivity contribution in [3.05, 3.63) is 53.5 Å². The van der Waals surface area contributed by atoms with Gasteiger partial charge in [0.2, 0.25) is 5.91 Å². The van der Waals surface area contributed by atoms with Crippen LogP contribution in [0.1, 0.15) is 43.3 Å². The molecular formula is C19H26N2O2. The maximum absolute atomic E-state index is 12.1. The summed E-state index contributed by atoms with van der Waals surface area (Å²) in [7, 11) is 1.91. The third-order valence-electron chi connectivity index (χ3n) is 4.01. The van der Waals surface area contributed by atoms with Crippen LogP contribution in [0.25, 0.3) is 0 Å². The Labute approximate surface area is 138 Å². The molecule has 0 aliphatic carbocycles. The lowest BCUT2D eigenvalue weighted by molar-refractivity contribution is -0.117. The van der Waals surface area contributed by atoms with E-state index in [9.17, 15) is 4.79 Å². The monoisotopic (exact) mass is 314 g/mol. The van der Waals surface area contributed by atoms with Crippen molar-refractivity contribution < 1.29 is 9.21 Å². The van der Waals surface area contributed by atoms with Crippen molar-refractivity contribution in [2.24, 2.45) is 0 Å². The standard InChI is InChI=1S/C19H26N2O2/c1-5-14(2)16-7-9-17(10-8-16)20-19(22)13-21(4)12-18-11-6-15(3)23-18/h6-11,14H,5,12-13H2,1-4H3,(H,20,22)/t14-/m0/s1. The molecule has 0 bridgehead atoms. The quantitative estimate of drug-likeness (QED) is 0.834. The van der Waals surface area contributed by atoms with Gasteiger partial charge in [0.1, 0.15) is 11.5 Å². The summed E-state index contributed by atoms with van der Waals surface area (Å²) >= 11 is 0. The molecule has 0 saturated heterocycles. The second-order valence-electron chi connectivity index (χ2n) is 6.16. The van der Waals surface area contributed by atoms with Crippen LogP contribution < -0.4 is 5.32 Å². The number of benzene rings is 1. The van der Waals surface area contributed by atoms with Gasteiger partial charge >= 0.3 is 0 Å². The highest BCUT2D eigenvalue weighted by molar-refractivity contribution is 5.92. The summed E-state index contributed by atoms with van der Waals surface area (Å²) in [6.07, 6.45) is 1.11. The molecule has 0 unspecified atom stereocenters. The summed E-state index contributed by atoms with van der Waals surface area (Å²) in [5.74, 6) is 2.28. The van der Waals surface area contributed by atoms with Gasteiger partial charge in [-0.05, 0) is 56.1 Å². The Kier molecular flexibility index (Phi) is 5.99. The van der Waals surface area contributed by atoms with Gasteiger partial charge < -0.3 is 9.73 Å².